The standard InChI is InChI=1S/C24H30F2N6/c1-2-15-10-12-16(13-11-15)28-23-27-14-20-22(31-23)32(17-6-3-4-7-17)24(30-20)29-19-9-5-8-18(25)21(19)26/h5,8-9,14-17H,2-4,6-7,10-13H2,1H3,(H,29,30)(H,27,28,31). The summed E-state index contributed by atoms with van der Waals surface area (Å²) < 4.78 is 30.1. The summed E-state index contributed by atoms with van der Waals surface area (Å²) in [5, 5.41) is 6.53. The van der Waals surface area contributed by atoms with Crippen molar-refractivity contribution in [3.63, 3.8) is 0 Å². The van der Waals surface area contributed by atoms with E-state index in [-0.39, 0.29) is 11.7 Å². The highest BCUT2D eigenvalue weighted by Crippen LogP contribution is 2.36. The van der Waals surface area contributed by atoms with Crippen molar-refractivity contribution >= 4 is 28.7 Å². The predicted molar refractivity (Wildman–Crippen MR) is 122 cm³/mol. The first-order chi connectivity index (χ1) is 15.6. The van der Waals surface area contributed by atoms with Gasteiger partial charge >= 0.3 is 0 Å². The average Bonchev–Trinajstić information content (AvgIpc) is 3.45. The molecular formula is C24H30F2N6. The molecule has 0 aliphatic heterocycles. The Labute approximate surface area is 186 Å². The normalized spacial score (nSPS) is 21.8. The lowest BCUT2D eigenvalue weighted by Crippen LogP contribution is -2.26. The van der Waals surface area contributed by atoms with Crippen molar-refractivity contribution in [1.82, 2.24) is 19.5 Å². The van der Waals surface area contributed by atoms with E-state index in [9.17, 15) is 8.78 Å². The fraction of sp³-hybridized carbons (Fsp3) is 0.542. The van der Waals surface area contributed by atoms with Gasteiger partial charge < -0.3 is 10.6 Å². The maximum Gasteiger partial charge on any atom is 0.224 e. The molecule has 0 bridgehead atoms. The Bertz CT molecular complexity index is 1080. The number of aromatic nitrogens is 4. The number of nitrogens with zero attached hydrogens (tertiary/aromatic N) is 4. The topological polar surface area (TPSA) is 67.7 Å². The number of nitrogens with one attached hydrogen (secondary N) is 2. The van der Waals surface area contributed by atoms with E-state index in [1.807, 2.05) is 4.57 Å². The zero-order valence-electron chi connectivity index (χ0n) is 18.5. The fourth-order valence-electron chi connectivity index (χ4n) is 5.18. The lowest BCUT2D eigenvalue weighted by atomic mass is 9.85. The largest absolute Gasteiger partial charge is 0.351 e. The van der Waals surface area contributed by atoms with Crippen molar-refractivity contribution in [2.75, 3.05) is 10.6 Å². The highest BCUT2D eigenvalue weighted by atomic mass is 19.2. The van der Waals surface area contributed by atoms with E-state index < -0.39 is 11.6 Å². The summed E-state index contributed by atoms with van der Waals surface area (Å²) in [6.45, 7) is 2.26. The van der Waals surface area contributed by atoms with Crippen LogP contribution < -0.4 is 10.6 Å². The predicted octanol–water partition coefficient (Wildman–Crippen LogP) is 6.34. The molecule has 2 aliphatic carbocycles. The smallest absolute Gasteiger partial charge is 0.224 e. The Balaban J connectivity index is 1.46. The third-order valence-corrected chi connectivity index (χ3v) is 7.08. The van der Waals surface area contributed by atoms with Gasteiger partial charge in [-0.25, -0.2) is 18.7 Å². The molecule has 8 heteroatoms. The second-order valence-corrected chi connectivity index (χ2v) is 9.14. The molecule has 2 aliphatic rings. The van der Waals surface area contributed by atoms with Crippen molar-refractivity contribution in [3.05, 3.63) is 36.0 Å². The van der Waals surface area contributed by atoms with Gasteiger partial charge in [0.05, 0.1) is 11.9 Å². The molecule has 0 saturated heterocycles. The van der Waals surface area contributed by atoms with Gasteiger partial charge in [-0.05, 0) is 56.6 Å². The molecule has 0 radical (unpaired) electrons. The first-order valence-corrected chi connectivity index (χ1v) is 11.8. The number of imidazole rings is 1. The van der Waals surface area contributed by atoms with Gasteiger partial charge in [-0.2, -0.15) is 4.98 Å². The lowest BCUT2D eigenvalue weighted by molar-refractivity contribution is 0.329. The van der Waals surface area contributed by atoms with Gasteiger partial charge in [0, 0.05) is 12.1 Å². The van der Waals surface area contributed by atoms with Crippen LogP contribution in [0.3, 0.4) is 0 Å². The number of hydrogen-bond donors (Lipinski definition) is 2. The summed E-state index contributed by atoms with van der Waals surface area (Å²) >= 11 is 0. The van der Waals surface area contributed by atoms with Crippen LogP contribution in [0.5, 0.6) is 0 Å². The molecule has 2 fully saturated rings. The number of anilines is 3. The molecule has 1 aromatic carbocycles. The summed E-state index contributed by atoms with van der Waals surface area (Å²) in [4.78, 5) is 14.0. The van der Waals surface area contributed by atoms with Crippen LogP contribution in [-0.2, 0) is 0 Å². The van der Waals surface area contributed by atoms with Crippen molar-refractivity contribution in [1.29, 1.82) is 0 Å². The monoisotopic (exact) mass is 440 g/mol. The second kappa shape index (κ2) is 9.00. The van der Waals surface area contributed by atoms with Crippen LogP contribution in [0, 0.1) is 17.6 Å². The van der Waals surface area contributed by atoms with E-state index >= 15 is 0 Å². The van der Waals surface area contributed by atoms with Crippen LogP contribution >= 0.6 is 0 Å². The van der Waals surface area contributed by atoms with E-state index in [1.165, 1.54) is 31.4 Å². The minimum Gasteiger partial charge on any atom is -0.351 e. The van der Waals surface area contributed by atoms with Gasteiger partial charge in [0.15, 0.2) is 17.3 Å². The molecule has 0 unspecified atom stereocenters. The fourth-order valence-corrected chi connectivity index (χ4v) is 5.18. The number of halogens is 2. The molecule has 2 aromatic heterocycles. The molecule has 0 spiro atoms. The lowest BCUT2D eigenvalue weighted by Gasteiger charge is -2.28. The zero-order valence-corrected chi connectivity index (χ0v) is 18.5. The van der Waals surface area contributed by atoms with Gasteiger partial charge in [0.25, 0.3) is 0 Å². The van der Waals surface area contributed by atoms with Gasteiger partial charge in [0.2, 0.25) is 11.9 Å². The van der Waals surface area contributed by atoms with Crippen LogP contribution in [-0.4, -0.2) is 25.6 Å². The molecule has 2 heterocycles. The maximum atomic E-state index is 14.3. The number of hydrogen-bond acceptors (Lipinski definition) is 5. The third-order valence-electron chi connectivity index (χ3n) is 7.08. The first kappa shape index (κ1) is 21.1. The minimum absolute atomic E-state index is 0.0681. The molecule has 2 saturated carbocycles. The highest BCUT2D eigenvalue weighted by Gasteiger charge is 2.26. The van der Waals surface area contributed by atoms with E-state index in [0.29, 0.717) is 23.5 Å². The van der Waals surface area contributed by atoms with Crippen LogP contribution in [0.25, 0.3) is 11.2 Å². The van der Waals surface area contributed by atoms with Gasteiger partial charge in [0.1, 0.15) is 5.52 Å². The Morgan fingerprint density at radius 3 is 2.56 bits per heavy atom. The summed E-state index contributed by atoms with van der Waals surface area (Å²) in [5.41, 5.74) is 1.45. The third kappa shape index (κ3) is 4.14. The molecular weight excluding hydrogens is 410 g/mol. The van der Waals surface area contributed by atoms with E-state index in [4.69, 9.17) is 4.98 Å². The zero-order chi connectivity index (χ0) is 22.1. The van der Waals surface area contributed by atoms with E-state index in [2.05, 4.69) is 27.5 Å². The molecule has 3 aromatic rings. The van der Waals surface area contributed by atoms with E-state index in [0.717, 1.165) is 56.2 Å². The quantitative estimate of drug-likeness (QED) is 0.468. The molecule has 0 atom stereocenters. The molecule has 32 heavy (non-hydrogen) atoms. The SMILES string of the molecule is CCC1CCC(Nc2ncc3nc(Nc4cccc(F)c4F)n(C4CCCC4)c3n2)CC1. The maximum absolute atomic E-state index is 14.3. The summed E-state index contributed by atoms with van der Waals surface area (Å²) in [7, 11) is 0. The van der Waals surface area contributed by atoms with Crippen LogP contribution in [0.15, 0.2) is 24.4 Å². The van der Waals surface area contributed by atoms with Crippen LogP contribution in [0.2, 0.25) is 0 Å². The van der Waals surface area contributed by atoms with Crippen LogP contribution in [0.4, 0.5) is 26.4 Å². The van der Waals surface area contributed by atoms with Crippen molar-refractivity contribution in [2.45, 2.75) is 76.8 Å². The Kier molecular flexibility index (Phi) is 5.93. The highest BCUT2D eigenvalue weighted by molar-refractivity contribution is 5.76. The average molecular weight is 441 g/mol. The number of benzene rings is 1. The Hall–Kier alpha value is -2.77. The first-order valence-electron chi connectivity index (χ1n) is 11.8. The molecule has 5 rings (SSSR count). The second-order valence-electron chi connectivity index (χ2n) is 9.14. The van der Waals surface area contributed by atoms with Crippen molar-refractivity contribution in [2.24, 2.45) is 5.92 Å². The Morgan fingerprint density at radius 2 is 1.81 bits per heavy atom. The molecule has 0 amide bonds. The van der Waals surface area contributed by atoms with Crippen LogP contribution in [0.1, 0.15) is 70.8 Å². The van der Waals surface area contributed by atoms with E-state index in [1.54, 1.807) is 6.20 Å². The molecule has 170 valence electrons. The number of rotatable bonds is 6. The van der Waals surface area contributed by atoms with Gasteiger partial charge in [-0.1, -0.05) is 32.3 Å². The minimum atomic E-state index is -0.909. The number of fused-ring (bicyclic) bond motifs is 1. The van der Waals surface area contributed by atoms with Crippen molar-refractivity contribution in [3.8, 4) is 0 Å². The Morgan fingerprint density at radius 1 is 1.03 bits per heavy atom. The summed E-state index contributed by atoms with van der Waals surface area (Å²) in [6, 6.07) is 4.72. The molecule has 6 nitrogen and oxygen atoms in total. The summed E-state index contributed by atoms with van der Waals surface area (Å²) in [5.74, 6) is 0.125. The van der Waals surface area contributed by atoms with Gasteiger partial charge in [-0.3, -0.25) is 4.57 Å². The van der Waals surface area contributed by atoms with Crippen molar-refractivity contribution < 1.29 is 8.78 Å². The summed E-state index contributed by atoms with van der Waals surface area (Å²) in [6.07, 6.45) is 12.0. The molecule has 2 N–H and O–H groups in total. The van der Waals surface area contributed by atoms with Gasteiger partial charge in [-0.15, -0.1) is 0 Å².